The lowest BCUT2D eigenvalue weighted by molar-refractivity contribution is -0.128. The number of ketones is 1. The number of alkyl halides is 1. The molecule has 0 aromatic rings. The van der Waals surface area contributed by atoms with Gasteiger partial charge in [0.2, 0.25) is 0 Å². The van der Waals surface area contributed by atoms with Crippen LogP contribution >= 0.6 is 15.9 Å². The predicted molar refractivity (Wildman–Crippen MR) is 59.2 cm³/mol. The van der Waals surface area contributed by atoms with E-state index >= 15 is 0 Å². The molecule has 76 valence electrons. The number of Topliss-reactive ketones (excluding diaryl/α,β-unsaturated/α-hetero) is 1. The van der Waals surface area contributed by atoms with Crippen LogP contribution in [-0.2, 0) is 4.79 Å². The van der Waals surface area contributed by atoms with Gasteiger partial charge in [-0.1, -0.05) is 43.1 Å². The van der Waals surface area contributed by atoms with Gasteiger partial charge >= 0.3 is 0 Å². The molecule has 0 saturated heterocycles. The minimum absolute atomic E-state index is 0.103. The number of halogens is 1. The molecule has 1 aliphatic carbocycles. The van der Waals surface area contributed by atoms with E-state index in [1.165, 1.54) is 12.8 Å². The van der Waals surface area contributed by atoms with E-state index in [0.29, 0.717) is 5.78 Å². The van der Waals surface area contributed by atoms with Gasteiger partial charge in [0.15, 0.2) is 0 Å². The van der Waals surface area contributed by atoms with Crippen molar-refractivity contribution in [2.24, 2.45) is 10.8 Å². The number of carbonyl (C=O) groups is 1. The van der Waals surface area contributed by atoms with E-state index < -0.39 is 0 Å². The Morgan fingerprint density at radius 1 is 1.31 bits per heavy atom. The van der Waals surface area contributed by atoms with Crippen LogP contribution in [-0.4, -0.2) is 11.1 Å². The summed E-state index contributed by atoms with van der Waals surface area (Å²) in [6.07, 6.45) is 4.15. The van der Waals surface area contributed by atoms with E-state index in [1.807, 2.05) is 0 Å². The molecule has 0 aliphatic heterocycles. The van der Waals surface area contributed by atoms with Crippen molar-refractivity contribution in [2.45, 2.75) is 46.5 Å². The summed E-state index contributed by atoms with van der Waals surface area (Å²) >= 11 is 3.46. The van der Waals surface area contributed by atoms with Crippen LogP contribution in [0.3, 0.4) is 0 Å². The smallest absolute Gasteiger partial charge is 0.140 e. The van der Waals surface area contributed by atoms with E-state index in [1.54, 1.807) is 0 Å². The van der Waals surface area contributed by atoms with Gasteiger partial charge in [-0.25, -0.2) is 0 Å². The molecule has 0 spiro atoms. The first-order valence-corrected chi connectivity index (χ1v) is 6.11. The number of carbonyl (C=O) groups excluding carboxylic acids is 1. The average Bonchev–Trinajstić information content (AvgIpc) is 2.10. The summed E-state index contributed by atoms with van der Waals surface area (Å²) in [4.78, 5) is 12.0. The third-order valence-electron chi connectivity index (χ3n) is 3.19. The van der Waals surface area contributed by atoms with E-state index in [0.717, 1.165) is 18.2 Å². The zero-order valence-electron chi connectivity index (χ0n) is 8.82. The average molecular weight is 247 g/mol. The second-order valence-corrected chi connectivity index (χ2v) is 5.87. The summed E-state index contributed by atoms with van der Waals surface area (Å²) in [6, 6.07) is 0. The number of rotatable bonds is 1. The Morgan fingerprint density at radius 2 is 1.92 bits per heavy atom. The highest BCUT2D eigenvalue weighted by molar-refractivity contribution is 9.09. The third-order valence-corrected chi connectivity index (χ3v) is 4.43. The largest absolute Gasteiger partial charge is 0.299 e. The van der Waals surface area contributed by atoms with Crippen LogP contribution in [0.15, 0.2) is 0 Å². The molecule has 1 rings (SSSR count). The normalized spacial score (nSPS) is 34.3. The molecule has 2 heteroatoms. The van der Waals surface area contributed by atoms with E-state index in [4.69, 9.17) is 0 Å². The predicted octanol–water partition coefficient (Wildman–Crippen LogP) is 3.56. The monoisotopic (exact) mass is 246 g/mol. The molecule has 0 N–H and O–H groups in total. The van der Waals surface area contributed by atoms with Crippen LogP contribution < -0.4 is 0 Å². The van der Waals surface area contributed by atoms with Crippen LogP contribution in [0.2, 0.25) is 0 Å². The second kappa shape index (κ2) is 3.72. The molecule has 0 bridgehead atoms. The molecular weight excluding hydrogens is 228 g/mol. The van der Waals surface area contributed by atoms with Gasteiger partial charge in [0.25, 0.3) is 0 Å². The van der Waals surface area contributed by atoms with E-state index in [9.17, 15) is 4.79 Å². The van der Waals surface area contributed by atoms with Crippen molar-refractivity contribution in [3.8, 4) is 0 Å². The topological polar surface area (TPSA) is 17.1 Å². The first kappa shape index (κ1) is 11.2. The molecule has 0 amide bonds. The SMILES string of the molecule is CC1(C)CCCC(C)(CBr)C(=O)C1. The number of hydrogen-bond acceptors (Lipinski definition) is 1. The highest BCUT2D eigenvalue weighted by Gasteiger charge is 2.38. The molecule has 1 atom stereocenters. The second-order valence-electron chi connectivity index (χ2n) is 5.31. The van der Waals surface area contributed by atoms with Gasteiger partial charge in [-0.2, -0.15) is 0 Å². The van der Waals surface area contributed by atoms with Gasteiger partial charge < -0.3 is 0 Å². The van der Waals surface area contributed by atoms with Crippen molar-refractivity contribution in [1.82, 2.24) is 0 Å². The Morgan fingerprint density at radius 3 is 2.46 bits per heavy atom. The van der Waals surface area contributed by atoms with Crippen LogP contribution in [0.4, 0.5) is 0 Å². The summed E-state index contributed by atoms with van der Waals surface area (Å²) in [7, 11) is 0. The van der Waals surface area contributed by atoms with E-state index in [-0.39, 0.29) is 10.8 Å². The highest BCUT2D eigenvalue weighted by atomic mass is 79.9. The Labute approximate surface area is 89.4 Å². The summed E-state index contributed by atoms with van der Waals surface area (Å²) in [5.74, 6) is 0.437. The van der Waals surface area contributed by atoms with Gasteiger partial charge in [0.05, 0.1) is 0 Å². The lowest BCUT2D eigenvalue weighted by Crippen LogP contribution is -2.30. The van der Waals surface area contributed by atoms with Crippen molar-refractivity contribution < 1.29 is 4.79 Å². The molecular formula is C11H19BrO. The highest BCUT2D eigenvalue weighted by Crippen LogP contribution is 2.40. The first-order chi connectivity index (χ1) is 5.90. The zero-order chi connectivity index (χ0) is 10.1. The molecule has 1 saturated carbocycles. The fourth-order valence-corrected chi connectivity index (χ4v) is 2.57. The first-order valence-electron chi connectivity index (χ1n) is 4.99. The van der Waals surface area contributed by atoms with Gasteiger partial charge in [-0.3, -0.25) is 4.79 Å². The molecule has 0 aromatic carbocycles. The van der Waals surface area contributed by atoms with Crippen LogP contribution in [0.5, 0.6) is 0 Å². The van der Waals surface area contributed by atoms with E-state index in [2.05, 4.69) is 36.7 Å². The quantitative estimate of drug-likeness (QED) is 0.511. The summed E-state index contributed by atoms with van der Waals surface area (Å²) in [5, 5.41) is 0.814. The van der Waals surface area contributed by atoms with Gasteiger partial charge in [-0.05, 0) is 18.3 Å². The van der Waals surface area contributed by atoms with Crippen LogP contribution in [0.25, 0.3) is 0 Å². The molecule has 1 nitrogen and oxygen atoms in total. The molecule has 1 unspecified atom stereocenters. The Balaban J connectivity index is 2.80. The fourth-order valence-electron chi connectivity index (χ4n) is 1.97. The van der Waals surface area contributed by atoms with Crippen molar-refractivity contribution >= 4 is 21.7 Å². The third kappa shape index (κ3) is 2.55. The maximum Gasteiger partial charge on any atom is 0.140 e. The maximum atomic E-state index is 12.0. The lowest BCUT2D eigenvalue weighted by atomic mass is 9.80. The maximum absolute atomic E-state index is 12.0. The molecule has 1 fully saturated rings. The lowest BCUT2D eigenvalue weighted by Gasteiger charge is -2.25. The zero-order valence-corrected chi connectivity index (χ0v) is 10.4. The fraction of sp³-hybridized carbons (Fsp3) is 0.909. The standard InChI is InChI=1S/C11H19BrO/c1-10(2)5-4-6-11(3,8-12)9(13)7-10/h4-8H2,1-3H3. The number of hydrogen-bond donors (Lipinski definition) is 0. The minimum atomic E-state index is -0.103. The Bertz CT molecular complexity index is 210. The minimum Gasteiger partial charge on any atom is -0.299 e. The molecule has 0 heterocycles. The van der Waals surface area contributed by atoms with Gasteiger partial charge in [-0.15, -0.1) is 0 Å². The van der Waals surface area contributed by atoms with Gasteiger partial charge in [0, 0.05) is 17.2 Å². The summed E-state index contributed by atoms with van der Waals surface area (Å²) < 4.78 is 0. The molecule has 0 radical (unpaired) electrons. The summed E-state index contributed by atoms with van der Waals surface area (Å²) in [6.45, 7) is 6.49. The molecule has 1 aliphatic rings. The summed E-state index contributed by atoms with van der Waals surface area (Å²) in [5.41, 5.74) is 0.116. The van der Waals surface area contributed by atoms with Crippen molar-refractivity contribution in [3.63, 3.8) is 0 Å². The van der Waals surface area contributed by atoms with Gasteiger partial charge in [0.1, 0.15) is 5.78 Å². The van der Waals surface area contributed by atoms with Crippen molar-refractivity contribution in [1.29, 1.82) is 0 Å². The van der Waals surface area contributed by atoms with Crippen molar-refractivity contribution in [2.75, 3.05) is 5.33 Å². The van der Waals surface area contributed by atoms with Crippen LogP contribution in [0.1, 0.15) is 46.5 Å². The molecule has 0 aromatic heterocycles. The Hall–Kier alpha value is 0.150. The molecule has 13 heavy (non-hydrogen) atoms. The van der Waals surface area contributed by atoms with Crippen molar-refractivity contribution in [3.05, 3.63) is 0 Å². The van der Waals surface area contributed by atoms with Crippen LogP contribution in [0, 0.1) is 10.8 Å². The Kier molecular flexibility index (Phi) is 3.21.